The molecule has 0 saturated heterocycles. The molecule has 0 aliphatic heterocycles. The predicted octanol–water partition coefficient (Wildman–Crippen LogP) is 1.24. The largest absolute Gasteiger partial charge is 0.384 e. The predicted molar refractivity (Wildman–Crippen MR) is 40.7 cm³/mol. The Morgan fingerprint density at radius 3 is 2.82 bits per heavy atom. The third-order valence-corrected chi connectivity index (χ3v) is 2.46. The number of allylic oxidation sites excluding steroid dienone is 3. The van der Waals surface area contributed by atoms with Crippen molar-refractivity contribution in [2.45, 2.75) is 13.1 Å². The monoisotopic (exact) mass is 176 g/mol. The van der Waals surface area contributed by atoms with E-state index >= 15 is 0 Å². The first kappa shape index (κ1) is 8.60. The summed E-state index contributed by atoms with van der Waals surface area (Å²) in [5.41, 5.74) is 0.862. The standard InChI is InChI=1S/C8H12ClFN/c1-5-6(10)3-4-7(11-2)8(5)9/h3-6,9,11H,1-2H3/q+1. The fourth-order valence-corrected chi connectivity index (χ4v) is 1.33. The van der Waals surface area contributed by atoms with Crippen LogP contribution in [0.3, 0.4) is 0 Å². The minimum absolute atomic E-state index is 0.169. The number of nitrogens with one attached hydrogen (secondary N) is 1. The zero-order valence-electron chi connectivity index (χ0n) is 6.60. The lowest BCUT2D eigenvalue weighted by atomic mass is 9.99. The first-order valence-electron chi connectivity index (χ1n) is 3.58. The second kappa shape index (κ2) is 3.26. The van der Waals surface area contributed by atoms with E-state index in [0.29, 0.717) is 5.03 Å². The molecule has 1 N–H and O–H groups in total. The average molecular weight is 177 g/mol. The molecule has 0 amide bonds. The van der Waals surface area contributed by atoms with Crippen molar-refractivity contribution in [3.8, 4) is 0 Å². The van der Waals surface area contributed by atoms with Crippen LogP contribution in [0.2, 0.25) is 0 Å². The number of hydrogen-bond acceptors (Lipinski definition) is 1. The van der Waals surface area contributed by atoms with Gasteiger partial charge in [0.2, 0.25) is 5.03 Å². The Balaban J connectivity index is 2.87. The van der Waals surface area contributed by atoms with E-state index < -0.39 is 6.17 Å². The van der Waals surface area contributed by atoms with E-state index in [9.17, 15) is 4.39 Å². The SMILES string of the molecule is CNC1=C([ClH+])C(C)C(F)C=C1. The van der Waals surface area contributed by atoms with Crippen molar-refractivity contribution in [2.75, 3.05) is 7.05 Å². The lowest BCUT2D eigenvalue weighted by Gasteiger charge is -2.14. The summed E-state index contributed by atoms with van der Waals surface area (Å²) in [7, 11) is 1.79. The Labute approximate surface area is 70.9 Å². The molecule has 0 saturated carbocycles. The van der Waals surface area contributed by atoms with Crippen LogP contribution in [-0.2, 0) is 0 Å². The van der Waals surface area contributed by atoms with Crippen molar-refractivity contribution < 1.29 is 16.0 Å². The Morgan fingerprint density at radius 1 is 1.64 bits per heavy atom. The molecule has 0 aromatic rings. The maximum atomic E-state index is 12.9. The van der Waals surface area contributed by atoms with Gasteiger partial charge in [-0.1, -0.05) is 6.92 Å². The smallest absolute Gasteiger partial charge is 0.231 e. The Morgan fingerprint density at radius 2 is 2.27 bits per heavy atom. The number of alkyl halides is 1. The molecule has 1 aliphatic rings. The minimum atomic E-state index is -0.917. The van der Waals surface area contributed by atoms with Gasteiger partial charge in [0, 0.05) is 7.05 Å². The van der Waals surface area contributed by atoms with Crippen molar-refractivity contribution in [1.29, 1.82) is 0 Å². The molecule has 3 heteroatoms. The van der Waals surface area contributed by atoms with Crippen molar-refractivity contribution in [3.63, 3.8) is 0 Å². The quantitative estimate of drug-likeness (QED) is 0.634. The third-order valence-electron chi connectivity index (χ3n) is 1.87. The van der Waals surface area contributed by atoms with E-state index in [1.54, 1.807) is 20.0 Å². The summed E-state index contributed by atoms with van der Waals surface area (Å²) in [5, 5.41) is 3.61. The van der Waals surface area contributed by atoms with Gasteiger partial charge in [-0.2, -0.15) is 0 Å². The van der Waals surface area contributed by atoms with Gasteiger partial charge in [0.1, 0.15) is 17.8 Å². The first-order valence-corrected chi connectivity index (χ1v) is 3.99. The van der Waals surface area contributed by atoms with Gasteiger partial charge in [-0.3, -0.25) is 0 Å². The van der Waals surface area contributed by atoms with Gasteiger partial charge in [-0.05, 0) is 12.2 Å². The van der Waals surface area contributed by atoms with Crippen molar-refractivity contribution in [2.24, 2.45) is 5.92 Å². The molecule has 1 rings (SSSR count). The van der Waals surface area contributed by atoms with Crippen LogP contribution in [-0.4, -0.2) is 13.2 Å². The molecular formula is C8H12ClFN+. The van der Waals surface area contributed by atoms with Gasteiger partial charge in [-0.15, -0.1) is 0 Å². The van der Waals surface area contributed by atoms with Crippen LogP contribution in [0.25, 0.3) is 0 Å². The van der Waals surface area contributed by atoms with Crippen LogP contribution in [0.4, 0.5) is 4.39 Å². The highest BCUT2D eigenvalue weighted by Crippen LogP contribution is 2.24. The molecular weight excluding hydrogens is 165 g/mol. The summed E-state index contributed by atoms with van der Waals surface area (Å²) in [6, 6.07) is 0. The van der Waals surface area contributed by atoms with E-state index in [1.165, 1.54) is 6.08 Å². The Bertz CT molecular complexity index is 210. The second-order valence-electron chi connectivity index (χ2n) is 2.62. The highest BCUT2D eigenvalue weighted by Gasteiger charge is 2.28. The maximum absolute atomic E-state index is 12.9. The summed E-state index contributed by atoms with van der Waals surface area (Å²) in [5.74, 6) is -0.169. The van der Waals surface area contributed by atoms with Gasteiger partial charge < -0.3 is 5.32 Å². The van der Waals surface area contributed by atoms with Gasteiger partial charge in [0.25, 0.3) is 0 Å². The fraction of sp³-hybridized carbons (Fsp3) is 0.500. The number of halogens is 2. The lowest BCUT2D eigenvalue weighted by molar-refractivity contribution is -0.318. The minimum Gasteiger partial charge on any atom is -0.384 e. The molecule has 62 valence electrons. The normalized spacial score (nSPS) is 30.9. The van der Waals surface area contributed by atoms with Crippen molar-refractivity contribution in [1.82, 2.24) is 5.32 Å². The van der Waals surface area contributed by atoms with Crippen LogP contribution in [0.5, 0.6) is 0 Å². The van der Waals surface area contributed by atoms with Gasteiger partial charge >= 0.3 is 0 Å². The molecule has 0 aromatic carbocycles. The van der Waals surface area contributed by atoms with Gasteiger partial charge in [0.15, 0.2) is 0 Å². The molecule has 0 spiro atoms. The maximum Gasteiger partial charge on any atom is 0.231 e. The molecule has 11 heavy (non-hydrogen) atoms. The molecule has 1 nitrogen and oxygen atoms in total. The van der Waals surface area contributed by atoms with Crippen LogP contribution in [0.15, 0.2) is 22.9 Å². The summed E-state index contributed by atoms with van der Waals surface area (Å²) in [6.07, 6.45) is 2.32. The van der Waals surface area contributed by atoms with E-state index in [1.807, 2.05) is 0 Å². The topological polar surface area (TPSA) is 12.0 Å². The Hall–Kier alpha value is -0.500. The number of rotatable bonds is 1. The fourth-order valence-electron chi connectivity index (χ4n) is 1.03. The van der Waals surface area contributed by atoms with Crippen LogP contribution >= 0.6 is 0 Å². The van der Waals surface area contributed by atoms with Crippen LogP contribution in [0, 0.1) is 17.5 Å². The molecule has 0 fully saturated rings. The molecule has 0 aromatic heterocycles. The van der Waals surface area contributed by atoms with E-state index in [-0.39, 0.29) is 5.92 Å². The summed E-state index contributed by atoms with van der Waals surface area (Å²) in [4.78, 5) is 0. The summed E-state index contributed by atoms with van der Waals surface area (Å²) >= 11 is 5.04. The average Bonchev–Trinajstić information content (AvgIpc) is 2.01. The van der Waals surface area contributed by atoms with E-state index in [2.05, 4.69) is 5.32 Å². The first-order chi connectivity index (χ1) is 5.16. The zero-order chi connectivity index (χ0) is 8.43. The van der Waals surface area contributed by atoms with Crippen molar-refractivity contribution >= 4 is 0 Å². The van der Waals surface area contributed by atoms with Crippen LogP contribution in [0.1, 0.15) is 6.92 Å². The number of hydrogen-bond donors (Lipinski definition) is 1. The molecule has 0 heterocycles. The second-order valence-corrected chi connectivity index (χ2v) is 3.06. The summed E-state index contributed by atoms with van der Waals surface area (Å²) < 4.78 is 12.9. The molecule has 1 aliphatic carbocycles. The highest BCUT2D eigenvalue weighted by molar-refractivity contribution is 5.27. The van der Waals surface area contributed by atoms with Gasteiger partial charge in [0.05, 0.1) is 11.6 Å². The third kappa shape index (κ3) is 1.56. The van der Waals surface area contributed by atoms with Crippen LogP contribution < -0.4 is 5.32 Å². The lowest BCUT2D eigenvalue weighted by Crippen LogP contribution is -2.21. The molecule has 2 atom stereocenters. The molecule has 0 bridgehead atoms. The summed E-state index contributed by atoms with van der Waals surface area (Å²) in [6.45, 7) is 1.80. The number of likely N-dealkylation sites (N-methyl/N-ethyl adjacent to an activating group) is 1. The van der Waals surface area contributed by atoms with E-state index in [4.69, 9.17) is 11.6 Å². The molecule has 2 unspecified atom stereocenters. The zero-order valence-corrected chi connectivity index (χ0v) is 7.41. The van der Waals surface area contributed by atoms with Crippen molar-refractivity contribution in [3.05, 3.63) is 22.9 Å². The molecule has 0 radical (unpaired) electrons. The highest BCUT2D eigenvalue weighted by atomic mass is 35.5. The van der Waals surface area contributed by atoms with Gasteiger partial charge in [-0.25, -0.2) is 4.39 Å². The Kier molecular flexibility index (Phi) is 2.55. The van der Waals surface area contributed by atoms with E-state index in [0.717, 1.165) is 5.70 Å².